The van der Waals surface area contributed by atoms with E-state index >= 15 is 0 Å². The molecule has 0 atom stereocenters. The highest BCUT2D eigenvalue weighted by Gasteiger charge is 2.29. The third-order valence-electron chi connectivity index (χ3n) is 12.0. The maximum atomic E-state index is 13.3. The Labute approximate surface area is 389 Å². The van der Waals surface area contributed by atoms with Crippen LogP contribution < -0.4 is 21.3 Å². The van der Waals surface area contributed by atoms with Gasteiger partial charge in [0.2, 0.25) is 11.9 Å². The molecule has 5 heterocycles. The third kappa shape index (κ3) is 11.2. The van der Waals surface area contributed by atoms with Crippen LogP contribution in [0.3, 0.4) is 0 Å². The number of benzene rings is 4. The van der Waals surface area contributed by atoms with Crippen LogP contribution in [0.15, 0.2) is 159 Å². The van der Waals surface area contributed by atoms with Crippen molar-refractivity contribution in [3.63, 3.8) is 0 Å². The molecular weight excluding hydrogens is 837 g/mol. The lowest BCUT2D eigenvalue weighted by molar-refractivity contribution is -0.926. The lowest BCUT2D eigenvalue weighted by Gasteiger charge is -2.42. The van der Waals surface area contributed by atoms with Crippen molar-refractivity contribution in [1.29, 1.82) is 0 Å². The van der Waals surface area contributed by atoms with E-state index in [9.17, 15) is 9.59 Å². The zero-order valence-electron chi connectivity index (χ0n) is 37.6. The van der Waals surface area contributed by atoms with Crippen LogP contribution in [-0.2, 0) is 13.1 Å². The van der Waals surface area contributed by atoms with Gasteiger partial charge in [0.1, 0.15) is 6.54 Å². The number of amides is 2. The highest BCUT2D eigenvalue weighted by Crippen LogP contribution is 2.27. The first kappa shape index (κ1) is 44.0. The van der Waals surface area contributed by atoms with Crippen LogP contribution in [0.2, 0.25) is 0 Å². The summed E-state index contributed by atoms with van der Waals surface area (Å²) in [6.07, 6.45) is 10.4. The molecule has 0 saturated carbocycles. The van der Waals surface area contributed by atoms with Crippen LogP contribution in [0.1, 0.15) is 43.0 Å². The molecule has 4 aromatic heterocycles. The maximum Gasteiger partial charge on any atom is 0.255 e. The number of piperazine rings is 1. The van der Waals surface area contributed by atoms with Gasteiger partial charge >= 0.3 is 0 Å². The Bertz CT molecular complexity index is 2980. The normalized spacial score (nSPS) is 13.4. The molecule has 9 rings (SSSR count). The Morgan fingerprint density at radius 3 is 1.81 bits per heavy atom. The van der Waals surface area contributed by atoms with Crippen LogP contribution >= 0.6 is 0 Å². The quantitative estimate of drug-likeness (QED) is 0.0770. The SMILES string of the molecule is Cc1ccc(NC(=O)c2ccc(C[N+]3(C)CCN(Cc4ccc(C(=O)Nc5ccc(C)c(Nc6nccc(-c7cccnc7)n6)c5)cc4)CC3)cc2)cc1Nc1ncc(-c2ccccn2)cn1. The van der Waals surface area contributed by atoms with E-state index in [0.717, 1.165) is 94.3 Å². The number of nitrogens with zero attached hydrogens (tertiary/aromatic N) is 8. The van der Waals surface area contributed by atoms with Crippen LogP contribution in [-0.4, -0.2) is 84.3 Å². The van der Waals surface area contributed by atoms with E-state index in [2.05, 4.69) is 75.3 Å². The van der Waals surface area contributed by atoms with Crippen molar-refractivity contribution in [2.45, 2.75) is 26.9 Å². The van der Waals surface area contributed by atoms with Crippen molar-refractivity contribution in [2.24, 2.45) is 0 Å². The summed E-state index contributed by atoms with van der Waals surface area (Å²) in [6.45, 7) is 9.59. The second kappa shape index (κ2) is 19.9. The van der Waals surface area contributed by atoms with E-state index in [1.54, 1.807) is 37.2 Å². The summed E-state index contributed by atoms with van der Waals surface area (Å²) in [4.78, 5) is 55.7. The summed E-state index contributed by atoms with van der Waals surface area (Å²) in [5.41, 5.74) is 11.7. The molecule has 2 amide bonds. The van der Waals surface area contributed by atoms with Gasteiger partial charge in [-0.2, -0.15) is 0 Å². The smallest absolute Gasteiger partial charge is 0.255 e. The minimum atomic E-state index is -0.180. The van der Waals surface area contributed by atoms with Crippen molar-refractivity contribution >= 4 is 46.5 Å². The number of carbonyl (C=O) groups excluding carboxylic acids is 2. The maximum absolute atomic E-state index is 13.3. The topological polar surface area (TPSA) is 163 Å². The number of pyridine rings is 2. The minimum Gasteiger partial charge on any atom is -0.324 e. The lowest BCUT2D eigenvalue weighted by atomic mass is 10.1. The van der Waals surface area contributed by atoms with E-state index in [1.165, 1.54) is 5.56 Å². The zero-order chi connectivity index (χ0) is 46.2. The van der Waals surface area contributed by atoms with Gasteiger partial charge in [-0.1, -0.05) is 42.5 Å². The third-order valence-corrected chi connectivity index (χ3v) is 12.0. The summed E-state index contributed by atoms with van der Waals surface area (Å²) in [5.74, 6) is 0.550. The molecule has 14 nitrogen and oxygen atoms in total. The molecule has 0 bridgehead atoms. The zero-order valence-corrected chi connectivity index (χ0v) is 37.6. The first-order chi connectivity index (χ1) is 32.6. The lowest BCUT2D eigenvalue weighted by Crippen LogP contribution is -2.56. The second-order valence-electron chi connectivity index (χ2n) is 17.1. The summed E-state index contributed by atoms with van der Waals surface area (Å²) in [7, 11) is 2.30. The van der Waals surface area contributed by atoms with Gasteiger partial charge in [0.05, 0.1) is 31.5 Å². The number of rotatable bonds is 14. The van der Waals surface area contributed by atoms with Crippen molar-refractivity contribution in [3.05, 3.63) is 192 Å². The monoisotopic (exact) mass is 887 g/mol. The Morgan fingerprint density at radius 1 is 0.582 bits per heavy atom. The molecule has 1 saturated heterocycles. The van der Waals surface area contributed by atoms with Crippen molar-refractivity contribution in [3.8, 4) is 22.5 Å². The molecule has 4 aromatic carbocycles. The summed E-state index contributed by atoms with van der Waals surface area (Å²) in [6, 6.07) is 38.6. The number of aryl methyl sites for hydroxylation is 2. The number of anilines is 6. The van der Waals surface area contributed by atoms with E-state index in [4.69, 9.17) is 0 Å². The molecule has 14 heteroatoms. The average molecular weight is 888 g/mol. The van der Waals surface area contributed by atoms with E-state index in [0.29, 0.717) is 34.4 Å². The molecule has 0 radical (unpaired) electrons. The summed E-state index contributed by atoms with van der Waals surface area (Å²) in [5, 5.41) is 12.7. The first-order valence-corrected chi connectivity index (χ1v) is 22.2. The summed E-state index contributed by atoms with van der Waals surface area (Å²) < 4.78 is 0.914. The van der Waals surface area contributed by atoms with Gasteiger partial charge in [-0.05, 0) is 109 Å². The van der Waals surface area contributed by atoms with Crippen LogP contribution in [0.4, 0.5) is 34.6 Å². The number of hydrogen-bond acceptors (Lipinski definition) is 11. The fraction of sp³-hybridized carbons (Fsp3) is 0.170. The Hall–Kier alpha value is -8.20. The Morgan fingerprint density at radius 2 is 1.21 bits per heavy atom. The van der Waals surface area contributed by atoms with Crippen LogP contribution in [0, 0.1) is 13.8 Å². The molecule has 4 N–H and O–H groups in total. The van der Waals surface area contributed by atoms with E-state index in [-0.39, 0.29) is 11.8 Å². The molecule has 334 valence electrons. The van der Waals surface area contributed by atoms with Gasteiger partial charge in [-0.15, -0.1) is 0 Å². The summed E-state index contributed by atoms with van der Waals surface area (Å²) >= 11 is 0. The highest BCUT2D eigenvalue weighted by molar-refractivity contribution is 6.05. The van der Waals surface area contributed by atoms with Gasteiger partial charge < -0.3 is 25.8 Å². The fourth-order valence-corrected chi connectivity index (χ4v) is 8.00. The molecule has 1 aliphatic rings. The molecule has 1 fully saturated rings. The molecule has 0 aliphatic carbocycles. The fourth-order valence-electron chi connectivity index (χ4n) is 8.00. The van der Waals surface area contributed by atoms with E-state index in [1.807, 2.05) is 123 Å². The van der Waals surface area contributed by atoms with Gasteiger partial charge in [-0.3, -0.25) is 24.5 Å². The van der Waals surface area contributed by atoms with Crippen molar-refractivity contribution < 1.29 is 14.1 Å². The standard InChI is InChI=1S/C53H50N12O2/c1-36-9-19-44(29-48(36)62-52-57-32-43(33-58-52)46-8-4-5-23-55-46)59-51(67)41-17-13-39(14-18-41)35-65(3)27-25-64(26-28-65)34-38-11-15-40(16-12-38)50(66)60-45-20-10-37(2)49(30-45)63-53-56-24-21-47(61-53)42-7-6-22-54-31-42/h4-24,29-33H,25-28,34-35H2,1-3H3,(H3-,55,56,57,58,59,60,61,62,63,66,67)/p+1. The van der Waals surface area contributed by atoms with E-state index < -0.39 is 0 Å². The predicted molar refractivity (Wildman–Crippen MR) is 263 cm³/mol. The van der Waals surface area contributed by atoms with Crippen LogP contribution in [0.5, 0.6) is 0 Å². The van der Waals surface area contributed by atoms with Gasteiger partial charge in [0.15, 0.2) is 0 Å². The van der Waals surface area contributed by atoms with Gasteiger partial charge in [-0.25, -0.2) is 19.9 Å². The van der Waals surface area contributed by atoms with Crippen molar-refractivity contribution in [2.75, 3.05) is 54.5 Å². The second-order valence-corrected chi connectivity index (χ2v) is 17.1. The first-order valence-electron chi connectivity index (χ1n) is 22.2. The molecular formula is C53H51N12O2+. The predicted octanol–water partition coefficient (Wildman–Crippen LogP) is 9.46. The van der Waals surface area contributed by atoms with Crippen LogP contribution in [0.25, 0.3) is 22.5 Å². The van der Waals surface area contributed by atoms with Gasteiger partial charge in [0, 0.05) is 107 Å². The molecule has 67 heavy (non-hydrogen) atoms. The molecule has 1 aliphatic heterocycles. The number of aromatic nitrogens is 6. The van der Waals surface area contributed by atoms with Crippen molar-refractivity contribution in [1.82, 2.24) is 34.8 Å². The average Bonchev–Trinajstić information content (AvgIpc) is 3.35. The Kier molecular flexibility index (Phi) is 13.1. The highest BCUT2D eigenvalue weighted by atomic mass is 16.2. The Balaban J connectivity index is 0.732. The largest absolute Gasteiger partial charge is 0.324 e. The number of carbonyl (C=O) groups is 2. The minimum absolute atomic E-state index is 0.176. The number of hydrogen-bond donors (Lipinski definition) is 4. The molecule has 8 aromatic rings. The number of quaternary nitrogens is 1. The molecule has 0 unspecified atom stereocenters. The van der Waals surface area contributed by atoms with Gasteiger partial charge in [0.25, 0.3) is 11.8 Å². The molecule has 0 spiro atoms. The number of likely N-dealkylation sites (N-methyl/N-ethyl adjacent to an activating group) is 1. The number of nitrogens with one attached hydrogen (secondary N) is 4.